The van der Waals surface area contributed by atoms with Crippen LogP contribution in [0.5, 0.6) is 5.75 Å². The highest BCUT2D eigenvalue weighted by Crippen LogP contribution is 2.36. The number of rotatable bonds is 9. The van der Waals surface area contributed by atoms with Gasteiger partial charge >= 0.3 is 0 Å². The fourth-order valence-corrected chi connectivity index (χ4v) is 3.59. The largest absolute Gasteiger partial charge is 0.497 e. The van der Waals surface area contributed by atoms with E-state index in [2.05, 4.69) is 16.7 Å². The fraction of sp³-hybridized carbons (Fsp3) is 0.421. The number of nitriles is 1. The van der Waals surface area contributed by atoms with Crippen molar-refractivity contribution in [3.8, 4) is 11.8 Å². The van der Waals surface area contributed by atoms with Crippen molar-refractivity contribution in [1.29, 1.82) is 5.26 Å². The van der Waals surface area contributed by atoms with Crippen molar-refractivity contribution >= 4 is 23.6 Å². The molecular formula is C19H23N3O4S. The molecule has 8 heteroatoms. The minimum Gasteiger partial charge on any atom is -0.497 e. The zero-order valence-corrected chi connectivity index (χ0v) is 16.2. The van der Waals surface area contributed by atoms with Crippen molar-refractivity contribution < 1.29 is 19.1 Å². The summed E-state index contributed by atoms with van der Waals surface area (Å²) in [5.41, 5.74) is 1.33. The summed E-state index contributed by atoms with van der Waals surface area (Å²) in [5.74, 6) is 0.186. The Labute approximate surface area is 163 Å². The van der Waals surface area contributed by atoms with Gasteiger partial charge in [-0.25, -0.2) is 0 Å². The van der Waals surface area contributed by atoms with Gasteiger partial charge < -0.3 is 20.1 Å². The third kappa shape index (κ3) is 6.01. The number of hydrogen-bond donors (Lipinski definition) is 2. The molecule has 0 saturated carbocycles. The molecule has 27 heavy (non-hydrogen) atoms. The molecule has 1 heterocycles. The molecule has 0 bridgehead atoms. The molecule has 144 valence electrons. The molecule has 0 fully saturated rings. The van der Waals surface area contributed by atoms with Crippen LogP contribution in [0.1, 0.15) is 24.3 Å². The maximum atomic E-state index is 12.1. The maximum Gasteiger partial charge on any atom is 0.230 e. The van der Waals surface area contributed by atoms with E-state index in [1.807, 2.05) is 12.1 Å². The lowest BCUT2D eigenvalue weighted by molar-refractivity contribution is -0.121. The highest BCUT2D eigenvalue weighted by atomic mass is 32.2. The first kappa shape index (κ1) is 20.8. The van der Waals surface area contributed by atoms with Gasteiger partial charge in [-0.05, 0) is 24.1 Å². The van der Waals surface area contributed by atoms with E-state index in [-0.39, 0.29) is 29.9 Å². The summed E-state index contributed by atoms with van der Waals surface area (Å²) in [6, 6.07) is 9.51. The number of carbonyl (C=O) groups excluding carboxylic acids is 2. The monoisotopic (exact) mass is 389 g/mol. The smallest absolute Gasteiger partial charge is 0.230 e. The molecule has 1 atom stereocenters. The van der Waals surface area contributed by atoms with Gasteiger partial charge in [0.15, 0.2) is 0 Å². The topological polar surface area (TPSA) is 100 Å². The van der Waals surface area contributed by atoms with Gasteiger partial charge in [-0.3, -0.25) is 9.59 Å². The number of carbonyl (C=O) groups is 2. The molecular weight excluding hydrogens is 366 g/mol. The maximum absolute atomic E-state index is 12.1. The third-order valence-electron chi connectivity index (χ3n) is 4.07. The molecule has 0 radical (unpaired) electrons. The summed E-state index contributed by atoms with van der Waals surface area (Å²) >= 11 is 1.17. The summed E-state index contributed by atoms with van der Waals surface area (Å²) in [6.45, 7) is 1.11. The van der Waals surface area contributed by atoms with Gasteiger partial charge in [0.05, 0.1) is 29.5 Å². The summed E-state index contributed by atoms with van der Waals surface area (Å²) in [5, 5.41) is 15.6. The molecule has 2 amide bonds. The Morgan fingerprint density at radius 3 is 2.74 bits per heavy atom. The van der Waals surface area contributed by atoms with Crippen LogP contribution >= 0.6 is 11.8 Å². The lowest BCUT2D eigenvalue weighted by Crippen LogP contribution is -2.32. The first-order valence-electron chi connectivity index (χ1n) is 8.55. The zero-order chi connectivity index (χ0) is 19.6. The Hall–Kier alpha value is -2.50. The van der Waals surface area contributed by atoms with E-state index in [0.717, 1.165) is 12.0 Å². The number of hydrogen-bond acceptors (Lipinski definition) is 6. The van der Waals surface area contributed by atoms with Gasteiger partial charge in [0.1, 0.15) is 5.75 Å². The molecule has 1 aliphatic rings. The molecule has 0 aromatic heterocycles. The van der Waals surface area contributed by atoms with Gasteiger partial charge in [-0.1, -0.05) is 23.9 Å². The van der Waals surface area contributed by atoms with Crippen molar-refractivity contribution in [3.05, 3.63) is 40.4 Å². The van der Waals surface area contributed by atoms with Crippen LogP contribution in [0.3, 0.4) is 0 Å². The third-order valence-corrected chi connectivity index (χ3v) is 5.09. The van der Waals surface area contributed by atoms with Crippen LogP contribution in [0, 0.1) is 11.3 Å². The molecule has 0 saturated heterocycles. The SMILES string of the molecule is COCCCNC(=O)CSC1=C(C#N)[C@@H](c2ccc(OC)cc2)CC(=O)N1. The molecule has 1 aromatic rings. The Bertz CT molecular complexity index is 740. The van der Waals surface area contributed by atoms with Gasteiger partial charge in [0, 0.05) is 32.6 Å². The first-order valence-corrected chi connectivity index (χ1v) is 9.54. The number of nitrogens with zero attached hydrogens (tertiary/aromatic N) is 1. The highest BCUT2D eigenvalue weighted by molar-refractivity contribution is 8.03. The number of thioether (sulfide) groups is 1. The van der Waals surface area contributed by atoms with E-state index in [1.165, 1.54) is 11.8 Å². The van der Waals surface area contributed by atoms with Crippen molar-refractivity contribution in [2.45, 2.75) is 18.8 Å². The Morgan fingerprint density at radius 1 is 1.37 bits per heavy atom. The summed E-state index contributed by atoms with van der Waals surface area (Å²) < 4.78 is 10.1. The van der Waals surface area contributed by atoms with Crippen LogP contribution in [0.4, 0.5) is 0 Å². The molecule has 0 aliphatic carbocycles. The highest BCUT2D eigenvalue weighted by Gasteiger charge is 2.29. The van der Waals surface area contributed by atoms with Crippen LogP contribution in [0.15, 0.2) is 34.9 Å². The fourth-order valence-electron chi connectivity index (χ4n) is 2.69. The predicted octanol–water partition coefficient (Wildman–Crippen LogP) is 1.92. The summed E-state index contributed by atoms with van der Waals surface area (Å²) in [7, 11) is 3.19. The van der Waals surface area contributed by atoms with Gasteiger partial charge in [0.2, 0.25) is 11.8 Å². The van der Waals surface area contributed by atoms with Crippen LogP contribution < -0.4 is 15.4 Å². The van der Waals surface area contributed by atoms with E-state index < -0.39 is 0 Å². The van der Waals surface area contributed by atoms with Crippen LogP contribution in [0.25, 0.3) is 0 Å². The van der Waals surface area contributed by atoms with E-state index in [1.54, 1.807) is 26.4 Å². The van der Waals surface area contributed by atoms with Crippen molar-refractivity contribution in [3.63, 3.8) is 0 Å². The standard InChI is InChI=1S/C19H23N3O4S/c1-25-9-3-8-21-18(24)12-27-19-16(11-20)15(10-17(23)22-19)13-4-6-14(26-2)7-5-13/h4-7,15H,3,8-10,12H2,1-2H3,(H,21,24)(H,22,23)/t15-/m1/s1. The number of ether oxygens (including phenoxy) is 2. The number of allylic oxidation sites excluding steroid dienone is 1. The number of methoxy groups -OCH3 is 2. The first-order chi connectivity index (χ1) is 13.1. The zero-order valence-electron chi connectivity index (χ0n) is 15.4. The molecule has 2 rings (SSSR count). The van der Waals surface area contributed by atoms with Gasteiger partial charge in [-0.15, -0.1) is 0 Å². The predicted molar refractivity (Wildman–Crippen MR) is 103 cm³/mol. The molecule has 7 nitrogen and oxygen atoms in total. The summed E-state index contributed by atoms with van der Waals surface area (Å²) in [4.78, 5) is 24.1. The quantitative estimate of drug-likeness (QED) is 0.626. The van der Waals surface area contributed by atoms with E-state index in [4.69, 9.17) is 9.47 Å². The summed E-state index contributed by atoms with van der Waals surface area (Å²) in [6.07, 6.45) is 0.928. The molecule has 1 aliphatic heterocycles. The number of nitrogens with one attached hydrogen (secondary N) is 2. The molecule has 1 aromatic carbocycles. The number of amides is 2. The lowest BCUT2D eigenvalue weighted by atomic mass is 9.87. The van der Waals surface area contributed by atoms with Crippen molar-refractivity contribution in [1.82, 2.24) is 10.6 Å². The molecule has 2 N–H and O–H groups in total. The molecule has 0 spiro atoms. The second-order valence-corrected chi connectivity index (χ2v) is 6.90. The minimum atomic E-state index is -0.332. The number of benzene rings is 1. The molecule has 0 unspecified atom stereocenters. The Balaban J connectivity index is 2.07. The van der Waals surface area contributed by atoms with E-state index in [9.17, 15) is 14.9 Å². The van der Waals surface area contributed by atoms with E-state index >= 15 is 0 Å². The Kier molecular flexibility index (Phi) is 8.17. The normalized spacial score (nSPS) is 16.5. The van der Waals surface area contributed by atoms with Gasteiger partial charge in [-0.2, -0.15) is 5.26 Å². The van der Waals surface area contributed by atoms with Gasteiger partial charge in [0.25, 0.3) is 0 Å². The van der Waals surface area contributed by atoms with E-state index in [0.29, 0.717) is 29.5 Å². The average Bonchev–Trinajstić information content (AvgIpc) is 2.69. The Morgan fingerprint density at radius 2 is 2.11 bits per heavy atom. The van der Waals surface area contributed by atoms with Crippen LogP contribution in [-0.4, -0.2) is 44.9 Å². The second kappa shape index (κ2) is 10.6. The van der Waals surface area contributed by atoms with Crippen LogP contribution in [0.2, 0.25) is 0 Å². The average molecular weight is 389 g/mol. The lowest BCUT2D eigenvalue weighted by Gasteiger charge is -2.25. The van der Waals surface area contributed by atoms with Crippen LogP contribution in [-0.2, 0) is 14.3 Å². The second-order valence-electron chi connectivity index (χ2n) is 5.92. The van der Waals surface area contributed by atoms with Crippen molar-refractivity contribution in [2.24, 2.45) is 0 Å². The minimum absolute atomic E-state index is 0.128. The van der Waals surface area contributed by atoms with Crippen molar-refractivity contribution in [2.75, 3.05) is 33.1 Å².